The van der Waals surface area contributed by atoms with Crippen molar-refractivity contribution in [1.82, 2.24) is 14.4 Å². The van der Waals surface area contributed by atoms with Gasteiger partial charge in [0.2, 0.25) is 0 Å². The van der Waals surface area contributed by atoms with Crippen LogP contribution in [0.15, 0.2) is 23.0 Å². The van der Waals surface area contributed by atoms with Crippen LogP contribution >= 0.6 is 11.6 Å². The van der Waals surface area contributed by atoms with E-state index >= 15 is 0 Å². The zero-order valence-electron chi connectivity index (χ0n) is 20.0. The fraction of sp³-hybridized carbons (Fsp3) is 0.423. The molecule has 0 radical (unpaired) electrons. The maximum Gasteiger partial charge on any atom is 0.295 e. The number of amides is 2. The van der Waals surface area contributed by atoms with Crippen molar-refractivity contribution in [3.63, 3.8) is 0 Å². The predicted molar refractivity (Wildman–Crippen MR) is 131 cm³/mol. The molecule has 3 heterocycles. The Morgan fingerprint density at radius 3 is 2.61 bits per heavy atom. The van der Waals surface area contributed by atoms with Crippen molar-refractivity contribution >= 4 is 23.4 Å². The Labute approximate surface area is 212 Å². The normalized spacial score (nSPS) is 18.6. The zero-order chi connectivity index (χ0) is 26.3. The Hall–Kier alpha value is -3.35. The minimum absolute atomic E-state index is 0.0179. The van der Waals surface area contributed by atoms with Crippen LogP contribution < -0.4 is 5.56 Å². The van der Waals surface area contributed by atoms with Crippen molar-refractivity contribution < 1.29 is 24.2 Å². The second kappa shape index (κ2) is 9.96. The quantitative estimate of drug-likeness (QED) is 0.552. The van der Waals surface area contributed by atoms with Crippen molar-refractivity contribution in [2.45, 2.75) is 51.9 Å². The molecule has 2 aliphatic rings. The van der Waals surface area contributed by atoms with Crippen molar-refractivity contribution in [3.05, 3.63) is 61.8 Å². The van der Waals surface area contributed by atoms with Gasteiger partial charge in [0, 0.05) is 31.1 Å². The Balaban J connectivity index is 1.75. The SMILES string of the molecule is C#CC(C)CCC1N(CC(C)O)C(=O)c2c3c(c(O)c(=O)n21)C(=O)N(Cc1ccc(F)c(Cl)c1)CC3. The third-order valence-corrected chi connectivity index (χ3v) is 6.99. The van der Waals surface area contributed by atoms with Crippen LogP contribution in [0.3, 0.4) is 0 Å². The van der Waals surface area contributed by atoms with E-state index in [9.17, 15) is 29.0 Å². The molecule has 190 valence electrons. The van der Waals surface area contributed by atoms with Crippen molar-refractivity contribution in [3.8, 4) is 18.1 Å². The lowest BCUT2D eigenvalue weighted by molar-refractivity contribution is 0.0520. The molecule has 3 atom stereocenters. The molecule has 8 nitrogen and oxygen atoms in total. The van der Waals surface area contributed by atoms with Crippen molar-refractivity contribution in [1.29, 1.82) is 0 Å². The summed E-state index contributed by atoms with van der Waals surface area (Å²) in [5.41, 5.74) is -0.0991. The van der Waals surface area contributed by atoms with Crippen LogP contribution in [0.25, 0.3) is 0 Å². The van der Waals surface area contributed by atoms with E-state index in [0.717, 1.165) is 0 Å². The molecule has 0 aliphatic carbocycles. The summed E-state index contributed by atoms with van der Waals surface area (Å²) in [6.45, 7) is 3.68. The first-order valence-corrected chi connectivity index (χ1v) is 12.1. The van der Waals surface area contributed by atoms with Gasteiger partial charge in [0.15, 0.2) is 5.75 Å². The summed E-state index contributed by atoms with van der Waals surface area (Å²) in [5, 5.41) is 20.8. The Kier molecular flexibility index (Phi) is 7.12. The molecule has 2 aromatic rings. The van der Waals surface area contributed by atoms with Crippen LogP contribution in [0.4, 0.5) is 4.39 Å². The van der Waals surface area contributed by atoms with E-state index in [1.165, 1.54) is 39.5 Å². The van der Waals surface area contributed by atoms with Gasteiger partial charge in [-0.2, -0.15) is 0 Å². The largest absolute Gasteiger partial charge is 0.502 e. The van der Waals surface area contributed by atoms with E-state index in [4.69, 9.17) is 18.0 Å². The number of hydrogen-bond acceptors (Lipinski definition) is 5. The van der Waals surface area contributed by atoms with Gasteiger partial charge in [-0.3, -0.25) is 19.0 Å². The first kappa shape index (κ1) is 25.7. The summed E-state index contributed by atoms with van der Waals surface area (Å²) in [6.07, 6.45) is 4.99. The third-order valence-electron chi connectivity index (χ3n) is 6.70. The minimum atomic E-state index is -0.851. The maximum absolute atomic E-state index is 13.5. The van der Waals surface area contributed by atoms with E-state index in [0.29, 0.717) is 24.0 Å². The van der Waals surface area contributed by atoms with Crippen molar-refractivity contribution in [2.75, 3.05) is 13.1 Å². The molecule has 36 heavy (non-hydrogen) atoms. The molecule has 10 heteroatoms. The predicted octanol–water partition coefficient (Wildman–Crippen LogP) is 2.93. The van der Waals surface area contributed by atoms with Crippen LogP contribution in [0.5, 0.6) is 5.75 Å². The number of pyridine rings is 1. The lowest BCUT2D eigenvalue weighted by Crippen LogP contribution is -2.40. The van der Waals surface area contributed by atoms with Gasteiger partial charge in [-0.1, -0.05) is 24.6 Å². The highest BCUT2D eigenvalue weighted by molar-refractivity contribution is 6.30. The number of halogens is 2. The number of fused-ring (bicyclic) bond motifs is 3. The highest BCUT2D eigenvalue weighted by Gasteiger charge is 2.44. The molecule has 0 saturated carbocycles. The lowest BCUT2D eigenvalue weighted by atomic mass is 9.95. The molecule has 0 spiro atoms. The van der Waals surface area contributed by atoms with Crippen LogP contribution in [-0.2, 0) is 13.0 Å². The summed E-state index contributed by atoms with van der Waals surface area (Å²) < 4.78 is 14.8. The number of hydrogen-bond donors (Lipinski definition) is 2. The average Bonchev–Trinajstić information content (AvgIpc) is 3.10. The standard InChI is InChI=1S/C26H27ClFN3O5/c1-4-14(2)5-8-20-30(12-15(3)32)25(35)22-17-9-10-29(13-16-6-7-19(28)18(27)11-16)24(34)21(17)23(33)26(36)31(20)22/h1,6-7,11,14-15,20,32-33H,5,8-10,12-13H2,2-3H3. The van der Waals surface area contributed by atoms with Gasteiger partial charge in [0.25, 0.3) is 17.4 Å². The highest BCUT2D eigenvalue weighted by Crippen LogP contribution is 2.37. The average molecular weight is 516 g/mol. The third kappa shape index (κ3) is 4.47. The van der Waals surface area contributed by atoms with Crippen LogP contribution in [0.1, 0.15) is 64.8 Å². The zero-order valence-corrected chi connectivity index (χ0v) is 20.8. The molecule has 2 aliphatic heterocycles. The van der Waals surface area contributed by atoms with Crippen LogP contribution in [-0.4, -0.2) is 55.6 Å². The van der Waals surface area contributed by atoms with E-state index in [-0.39, 0.29) is 48.3 Å². The number of aromatic nitrogens is 1. The molecule has 0 saturated heterocycles. The molecule has 0 fully saturated rings. The molecule has 4 rings (SSSR count). The second-order valence-electron chi connectivity index (χ2n) is 9.38. The number of nitrogens with zero attached hydrogens (tertiary/aromatic N) is 3. The molecular weight excluding hydrogens is 489 g/mol. The molecule has 2 amide bonds. The number of aromatic hydroxyl groups is 1. The van der Waals surface area contributed by atoms with E-state index in [1.807, 2.05) is 6.92 Å². The number of terminal acetylenes is 1. The summed E-state index contributed by atoms with van der Waals surface area (Å²) in [7, 11) is 0. The van der Waals surface area contributed by atoms with E-state index in [2.05, 4.69) is 5.92 Å². The van der Waals surface area contributed by atoms with Crippen molar-refractivity contribution in [2.24, 2.45) is 5.92 Å². The Morgan fingerprint density at radius 2 is 1.97 bits per heavy atom. The van der Waals surface area contributed by atoms with Gasteiger partial charge >= 0.3 is 0 Å². The number of carbonyl (C=O) groups excluding carboxylic acids is 2. The van der Waals surface area contributed by atoms with Gasteiger partial charge < -0.3 is 20.0 Å². The molecule has 0 bridgehead atoms. The number of benzene rings is 1. The summed E-state index contributed by atoms with van der Waals surface area (Å²) in [4.78, 5) is 43.0. The molecule has 1 aromatic heterocycles. The Morgan fingerprint density at radius 1 is 1.25 bits per heavy atom. The minimum Gasteiger partial charge on any atom is -0.502 e. The van der Waals surface area contributed by atoms with Crippen LogP contribution in [0.2, 0.25) is 5.02 Å². The molecule has 3 unspecified atom stereocenters. The van der Waals surface area contributed by atoms with Gasteiger partial charge in [-0.25, -0.2) is 4.39 Å². The number of aliphatic hydroxyl groups is 1. The fourth-order valence-corrected chi connectivity index (χ4v) is 5.11. The highest BCUT2D eigenvalue weighted by atomic mass is 35.5. The Bertz CT molecular complexity index is 1330. The van der Waals surface area contributed by atoms with E-state index < -0.39 is 41.2 Å². The molecular formula is C26H27ClFN3O5. The van der Waals surface area contributed by atoms with Gasteiger partial charge in [-0.05, 0) is 43.9 Å². The van der Waals surface area contributed by atoms with Gasteiger partial charge in [-0.15, -0.1) is 12.3 Å². The fourth-order valence-electron chi connectivity index (χ4n) is 4.90. The smallest absolute Gasteiger partial charge is 0.295 e. The maximum atomic E-state index is 13.5. The monoisotopic (exact) mass is 515 g/mol. The first-order valence-electron chi connectivity index (χ1n) is 11.7. The van der Waals surface area contributed by atoms with Gasteiger partial charge in [0.1, 0.15) is 17.7 Å². The number of aliphatic hydroxyl groups excluding tert-OH is 1. The summed E-state index contributed by atoms with van der Waals surface area (Å²) >= 11 is 5.86. The first-order chi connectivity index (χ1) is 17.0. The summed E-state index contributed by atoms with van der Waals surface area (Å²) in [6, 6.07) is 4.12. The lowest BCUT2D eigenvalue weighted by Gasteiger charge is -2.30. The topological polar surface area (TPSA) is 103 Å². The number of carbonyl (C=O) groups is 2. The second-order valence-corrected chi connectivity index (χ2v) is 9.79. The number of β-amino-alcohol motifs (C(OH)–C–C–N with tert-alkyl or cyclic N) is 1. The number of rotatable bonds is 7. The van der Waals surface area contributed by atoms with E-state index in [1.54, 1.807) is 0 Å². The molecule has 2 N–H and O–H groups in total. The van der Waals surface area contributed by atoms with Gasteiger partial charge in [0.05, 0.1) is 16.7 Å². The van der Waals surface area contributed by atoms with Crippen LogP contribution in [0, 0.1) is 24.1 Å². The molecule has 1 aromatic carbocycles. The summed E-state index contributed by atoms with van der Waals surface area (Å²) in [5.74, 6) is 0.141.